The van der Waals surface area contributed by atoms with Crippen molar-refractivity contribution in [3.63, 3.8) is 0 Å². The van der Waals surface area contributed by atoms with Gasteiger partial charge in [0.25, 0.3) is 0 Å². The molecule has 0 saturated carbocycles. The Morgan fingerprint density at radius 3 is 2.66 bits per heavy atom. The molecule has 0 saturated heterocycles. The molecule has 0 radical (unpaired) electrons. The highest BCUT2D eigenvalue weighted by Gasteiger charge is 2.28. The zero-order valence-corrected chi connectivity index (χ0v) is 16.1. The number of ether oxygens (including phenoxy) is 3. The Kier molecular flexibility index (Phi) is 5.06. The van der Waals surface area contributed by atoms with Gasteiger partial charge in [0.15, 0.2) is 5.76 Å². The molecule has 1 aliphatic heterocycles. The van der Waals surface area contributed by atoms with Crippen LogP contribution in [0.5, 0.6) is 17.2 Å². The summed E-state index contributed by atoms with van der Waals surface area (Å²) < 4.78 is 16.3. The van der Waals surface area contributed by atoms with Gasteiger partial charge in [0.2, 0.25) is 5.78 Å². The lowest BCUT2D eigenvalue weighted by Gasteiger charge is -2.08. The van der Waals surface area contributed by atoms with Crippen molar-refractivity contribution in [1.29, 1.82) is 0 Å². The molecule has 1 heterocycles. The quantitative estimate of drug-likeness (QED) is 0.339. The molecule has 0 atom stereocenters. The van der Waals surface area contributed by atoms with Gasteiger partial charge >= 0.3 is 5.97 Å². The smallest absolute Gasteiger partial charge is 0.347 e. The van der Waals surface area contributed by atoms with Gasteiger partial charge in [-0.2, -0.15) is 0 Å². The summed E-state index contributed by atoms with van der Waals surface area (Å²) in [7, 11) is 1.48. The first-order valence-corrected chi connectivity index (χ1v) is 9.12. The van der Waals surface area contributed by atoms with Gasteiger partial charge in [-0.05, 0) is 48.0 Å². The second-order valence-corrected chi connectivity index (χ2v) is 6.68. The minimum Gasteiger partial charge on any atom is -0.496 e. The molecule has 0 amide bonds. The highest BCUT2D eigenvalue weighted by atomic mass is 35.5. The van der Waals surface area contributed by atoms with E-state index >= 15 is 0 Å². The molecule has 29 heavy (non-hydrogen) atoms. The summed E-state index contributed by atoms with van der Waals surface area (Å²) >= 11 is 5.98. The molecule has 1 aliphatic rings. The number of hydrogen-bond acceptors (Lipinski definition) is 5. The van der Waals surface area contributed by atoms with E-state index < -0.39 is 5.97 Å². The Morgan fingerprint density at radius 2 is 1.86 bits per heavy atom. The molecular weight excluding hydrogens is 392 g/mol. The van der Waals surface area contributed by atoms with E-state index in [0.717, 1.165) is 5.56 Å². The minimum absolute atomic E-state index is 0.176. The number of fused-ring (bicyclic) bond motifs is 1. The maximum Gasteiger partial charge on any atom is 0.347 e. The lowest BCUT2D eigenvalue weighted by Crippen LogP contribution is -2.10. The van der Waals surface area contributed by atoms with E-state index in [9.17, 15) is 9.59 Å². The number of para-hydroxylation sites is 1. The van der Waals surface area contributed by atoms with Crippen molar-refractivity contribution in [2.45, 2.75) is 0 Å². The maximum absolute atomic E-state index is 12.6. The Hall–Kier alpha value is -3.57. The summed E-state index contributed by atoms with van der Waals surface area (Å²) in [6, 6.07) is 18.5. The van der Waals surface area contributed by atoms with E-state index in [2.05, 4.69) is 0 Å². The summed E-state index contributed by atoms with van der Waals surface area (Å²) in [5, 5.41) is 0.563. The van der Waals surface area contributed by atoms with Gasteiger partial charge < -0.3 is 14.2 Å². The molecule has 3 aromatic carbocycles. The first-order chi connectivity index (χ1) is 14.0. The first-order valence-electron chi connectivity index (χ1n) is 8.74. The fourth-order valence-corrected chi connectivity index (χ4v) is 3.15. The van der Waals surface area contributed by atoms with Gasteiger partial charge in [-0.1, -0.05) is 35.9 Å². The molecule has 5 nitrogen and oxygen atoms in total. The van der Waals surface area contributed by atoms with Gasteiger partial charge in [0, 0.05) is 11.1 Å². The zero-order chi connectivity index (χ0) is 20.4. The van der Waals surface area contributed by atoms with Crippen LogP contribution >= 0.6 is 11.6 Å². The maximum atomic E-state index is 12.6. The number of esters is 1. The van der Waals surface area contributed by atoms with Crippen molar-refractivity contribution in [3.8, 4) is 17.2 Å². The lowest BCUT2D eigenvalue weighted by atomic mass is 10.1. The van der Waals surface area contributed by atoms with E-state index in [1.807, 2.05) is 6.07 Å². The van der Waals surface area contributed by atoms with Crippen molar-refractivity contribution in [3.05, 3.63) is 94.2 Å². The monoisotopic (exact) mass is 406 g/mol. The normalized spacial score (nSPS) is 13.7. The third-order valence-corrected chi connectivity index (χ3v) is 4.56. The third-order valence-electron chi connectivity index (χ3n) is 4.33. The van der Waals surface area contributed by atoms with Crippen molar-refractivity contribution in [2.24, 2.45) is 0 Å². The Bertz CT molecular complexity index is 1150. The van der Waals surface area contributed by atoms with E-state index in [1.165, 1.54) is 13.2 Å². The number of halogens is 1. The Labute approximate surface area is 172 Å². The van der Waals surface area contributed by atoms with Gasteiger partial charge in [-0.25, -0.2) is 4.79 Å². The van der Waals surface area contributed by atoms with Gasteiger partial charge in [0.1, 0.15) is 22.8 Å². The molecular formula is C23H15ClO5. The van der Waals surface area contributed by atoms with Crippen molar-refractivity contribution < 1.29 is 23.8 Å². The van der Waals surface area contributed by atoms with Crippen LogP contribution in [0.4, 0.5) is 0 Å². The topological polar surface area (TPSA) is 61.8 Å². The number of benzene rings is 3. The number of rotatable bonds is 4. The minimum atomic E-state index is -0.568. The second-order valence-electron chi connectivity index (χ2n) is 6.24. The fourth-order valence-electron chi connectivity index (χ4n) is 2.95. The van der Waals surface area contributed by atoms with E-state index in [0.29, 0.717) is 27.6 Å². The third kappa shape index (κ3) is 3.86. The molecule has 0 aliphatic carbocycles. The SMILES string of the molecule is COc1ccccc1C(=O)Oc1ccc2c(c1)OC(=Cc1cccc(Cl)c1)C2=O. The summed E-state index contributed by atoms with van der Waals surface area (Å²) in [5.74, 6) is 0.362. The molecule has 0 N–H and O–H groups in total. The highest BCUT2D eigenvalue weighted by molar-refractivity contribution is 6.30. The van der Waals surface area contributed by atoms with Crippen LogP contribution in [0, 0.1) is 0 Å². The van der Waals surface area contributed by atoms with Crippen LogP contribution in [0.15, 0.2) is 72.5 Å². The number of allylic oxidation sites excluding steroid dienone is 1. The average Bonchev–Trinajstić information content (AvgIpc) is 3.02. The van der Waals surface area contributed by atoms with Crippen molar-refractivity contribution >= 4 is 29.4 Å². The summed E-state index contributed by atoms with van der Waals surface area (Å²) in [5.41, 5.74) is 1.45. The molecule has 4 rings (SSSR count). The van der Waals surface area contributed by atoms with Crippen LogP contribution in [-0.4, -0.2) is 18.9 Å². The highest BCUT2D eigenvalue weighted by Crippen LogP contribution is 2.35. The number of methoxy groups -OCH3 is 1. The van der Waals surface area contributed by atoms with Crippen LogP contribution in [-0.2, 0) is 0 Å². The van der Waals surface area contributed by atoms with Crippen LogP contribution in [0.1, 0.15) is 26.3 Å². The molecule has 0 aromatic heterocycles. The predicted molar refractivity (Wildman–Crippen MR) is 109 cm³/mol. The van der Waals surface area contributed by atoms with Crippen LogP contribution < -0.4 is 14.2 Å². The van der Waals surface area contributed by atoms with E-state index in [-0.39, 0.29) is 17.3 Å². The molecule has 0 fully saturated rings. The van der Waals surface area contributed by atoms with Crippen LogP contribution in [0.3, 0.4) is 0 Å². The molecule has 3 aromatic rings. The van der Waals surface area contributed by atoms with Crippen LogP contribution in [0.2, 0.25) is 5.02 Å². The largest absolute Gasteiger partial charge is 0.496 e. The lowest BCUT2D eigenvalue weighted by molar-refractivity contribution is 0.0731. The Balaban J connectivity index is 1.57. The number of carbonyl (C=O) groups excluding carboxylic acids is 2. The molecule has 0 spiro atoms. The number of Topliss-reactive ketones (excluding diaryl/α,β-unsaturated/α-hetero) is 1. The van der Waals surface area contributed by atoms with Gasteiger partial charge in [0.05, 0.1) is 12.7 Å². The summed E-state index contributed by atoms with van der Waals surface area (Å²) in [4.78, 5) is 25.0. The van der Waals surface area contributed by atoms with E-state index in [4.69, 9.17) is 25.8 Å². The van der Waals surface area contributed by atoms with Crippen molar-refractivity contribution in [2.75, 3.05) is 7.11 Å². The average molecular weight is 407 g/mol. The molecule has 0 bridgehead atoms. The van der Waals surface area contributed by atoms with E-state index in [1.54, 1.807) is 60.7 Å². The second kappa shape index (κ2) is 7.81. The standard InChI is InChI=1S/C23H15ClO5/c1-27-19-8-3-2-7-18(19)23(26)28-16-9-10-17-20(13-16)29-21(22(17)25)12-14-5-4-6-15(24)11-14/h2-13H,1H3. The molecule has 6 heteroatoms. The molecule has 144 valence electrons. The number of ketones is 1. The van der Waals surface area contributed by atoms with Crippen molar-refractivity contribution in [1.82, 2.24) is 0 Å². The summed E-state index contributed by atoms with van der Waals surface area (Å²) in [6.07, 6.45) is 1.62. The number of carbonyl (C=O) groups is 2. The van der Waals surface area contributed by atoms with Gasteiger partial charge in [-0.15, -0.1) is 0 Å². The summed E-state index contributed by atoms with van der Waals surface area (Å²) in [6.45, 7) is 0. The Morgan fingerprint density at radius 1 is 1.03 bits per heavy atom. The van der Waals surface area contributed by atoms with Crippen LogP contribution in [0.25, 0.3) is 6.08 Å². The molecule has 0 unspecified atom stereocenters. The number of hydrogen-bond donors (Lipinski definition) is 0. The van der Waals surface area contributed by atoms with Gasteiger partial charge in [-0.3, -0.25) is 4.79 Å². The fraction of sp³-hybridized carbons (Fsp3) is 0.0435. The first kappa shape index (κ1) is 18.8. The zero-order valence-electron chi connectivity index (χ0n) is 15.3. The predicted octanol–water partition coefficient (Wildman–Crippen LogP) is 5.18.